The number of pyridine rings is 1. The summed E-state index contributed by atoms with van der Waals surface area (Å²) in [5.74, 6) is 4.79. The standard InChI is InChI=1S/C14H23N5O/c1-18(2)10-12-6-4-8-19(12)9-11-5-3-7-13(16-11)14(20)17-15/h3,5,7,12H,4,6,8-10,15H2,1-2H3,(H,17,20). The fourth-order valence-electron chi connectivity index (χ4n) is 2.71. The Morgan fingerprint density at radius 2 is 2.35 bits per heavy atom. The van der Waals surface area contributed by atoms with Crippen LogP contribution in [0, 0.1) is 0 Å². The first kappa shape index (κ1) is 14.9. The summed E-state index contributed by atoms with van der Waals surface area (Å²) >= 11 is 0. The summed E-state index contributed by atoms with van der Waals surface area (Å²) in [6, 6.07) is 6.05. The highest BCUT2D eigenvalue weighted by Crippen LogP contribution is 2.20. The third-order valence-electron chi connectivity index (χ3n) is 3.61. The molecule has 1 aliphatic rings. The van der Waals surface area contributed by atoms with E-state index in [-0.39, 0.29) is 5.91 Å². The number of nitrogens with one attached hydrogen (secondary N) is 1. The molecule has 1 fully saturated rings. The van der Waals surface area contributed by atoms with Gasteiger partial charge in [0.15, 0.2) is 0 Å². The van der Waals surface area contributed by atoms with Crippen LogP contribution in [0.3, 0.4) is 0 Å². The van der Waals surface area contributed by atoms with Crippen molar-refractivity contribution < 1.29 is 4.79 Å². The third kappa shape index (κ3) is 3.75. The molecule has 3 N–H and O–H groups in total. The van der Waals surface area contributed by atoms with Crippen LogP contribution < -0.4 is 11.3 Å². The Bertz CT molecular complexity index is 463. The van der Waals surface area contributed by atoms with Gasteiger partial charge in [0.2, 0.25) is 0 Å². The second-order valence-electron chi connectivity index (χ2n) is 5.52. The number of hydrogen-bond donors (Lipinski definition) is 2. The lowest BCUT2D eigenvalue weighted by Gasteiger charge is -2.26. The van der Waals surface area contributed by atoms with Gasteiger partial charge in [-0.3, -0.25) is 15.1 Å². The van der Waals surface area contributed by atoms with Crippen LogP contribution in [0.1, 0.15) is 29.0 Å². The first-order valence-electron chi connectivity index (χ1n) is 6.96. The van der Waals surface area contributed by atoms with E-state index in [2.05, 4.69) is 34.3 Å². The van der Waals surface area contributed by atoms with Crippen molar-refractivity contribution in [2.24, 2.45) is 5.84 Å². The minimum atomic E-state index is -0.349. The van der Waals surface area contributed by atoms with Gasteiger partial charge in [-0.25, -0.2) is 10.8 Å². The molecular formula is C14H23N5O. The first-order valence-corrected chi connectivity index (χ1v) is 6.96. The van der Waals surface area contributed by atoms with E-state index in [0.29, 0.717) is 11.7 Å². The van der Waals surface area contributed by atoms with E-state index < -0.39 is 0 Å². The zero-order chi connectivity index (χ0) is 14.5. The van der Waals surface area contributed by atoms with Crippen molar-refractivity contribution in [3.05, 3.63) is 29.6 Å². The second kappa shape index (κ2) is 6.78. The summed E-state index contributed by atoms with van der Waals surface area (Å²) < 4.78 is 0. The summed E-state index contributed by atoms with van der Waals surface area (Å²) in [5, 5.41) is 0. The molecule has 6 nitrogen and oxygen atoms in total. The number of nitrogens with two attached hydrogens (primary N) is 1. The van der Waals surface area contributed by atoms with Crippen LogP contribution in [0.4, 0.5) is 0 Å². The number of likely N-dealkylation sites (tertiary alicyclic amines) is 1. The number of nitrogens with zero attached hydrogens (tertiary/aromatic N) is 3. The van der Waals surface area contributed by atoms with Gasteiger partial charge >= 0.3 is 0 Å². The zero-order valence-corrected chi connectivity index (χ0v) is 12.2. The molecule has 1 unspecified atom stereocenters. The number of nitrogen functional groups attached to an aromatic ring is 1. The Morgan fingerprint density at radius 1 is 1.55 bits per heavy atom. The summed E-state index contributed by atoms with van der Waals surface area (Å²) in [6.45, 7) is 2.93. The summed E-state index contributed by atoms with van der Waals surface area (Å²) in [4.78, 5) is 20.5. The van der Waals surface area contributed by atoms with Gasteiger partial charge < -0.3 is 4.90 Å². The Morgan fingerprint density at radius 3 is 3.05 bits per heavy atom. The Hall–Kier alpha value is -1.50. The monoisotopic (exact) mass is 277 g/mol. The summed E-state index contributed by atoms with van der Waals surface area (Å²) in [6.07, 6.45) is 2.45. The molecule has 0 radical (unpaired) electrons. The lowest BCUT2D eigenvalue weighted by molar-refractivity contribution is 0.0948. The summed E-state index contributed by atoms with van der Waals surface area (Å²) in [7, 11) is 4.20. The summed E-state index contributed by atoms with van der Waals surface area (Å²) in [5.41, 5.74) is 3.40. The van der Waals surface area contributed by atoms with Gasteiger partial charge in [-0.1, -0.05) is 6.07 Å². The van der Waals surface area contributed by atoms with Crippen LogP contribution in [0.15, 0.2) is 18.2 Å². The number of hydrogen-bond acceptors (Lipinski definition) is 5. The average Bonchev–Trinajstić information content (AvgIpc) is 2.84. The molecular weight excluding hydrogens is 254 g/mol. The SMILES string of the molecule is CN(C)CC1CCCN1Cc1cccc(C(=O)NN)n1. The number of hydrazine groups is 1. The highest BCUT2D eigenvalue weighted by Gasteiger charge is 2.25. The van der Waals surface area contributed by atoms with Crippen molar-refractivity contribution in [3.8, 4) is 0 Å². The Kier molecular flexibility index (Phi) is 5.05. The molecule has 2 rings (SSSR count). The van der Waals surface area contributed by atoms with E-state index in [1.165, 1.54) is 12.8 Å². The molecule has 1 aliphatic heterocycles. The predicted octanol–water partition coefficient (Wildman–Crippen LogP) is 0.211. The molecule has 0 saturated carbocycles. The van der Waals surface area contributed by atoms with E-state index in [9.17, 15) is 4.79 Å². The van der Waals surface area contributed by atoms with Crippen molar-refractivity contribution in [2.75, 3.05) is 27.2 Å². The number of aromatic nitrogens is 1. The van der Waals surface area contributed by atoms with Crippen LogP contribution in [-0.2, 0) is 6.54 Å². The largest absolute Gasteiger partial charge is 0.308 e. The number of carbonyl (C=O) groups excluding carboxylic acids is 1. The van der Waals surface area contributed by atoms with Crippen LogP contribution in [0.5, 0.6) is 0 Å². The topological polar surface area (TPSA) is 74.5 Å². The van der Waals surface area contributed by atoms with Crippen LogP contribution in [0.2, 0.25) is 0 Å². The molecule has 1 aromatic heterocycles. The van der Waals surface area contributed by atoms with Crippen molar-refractivity contribution in [3.63, 3.8) is 0 Å². The normalized spacial score (nSPS) is 19.5. The van der Waals surface area contributed by atoms with Gasteiger partial charge in [0.25, 0.3) is 5.91 Å². The predicted molar refractivity (Wildman–Crippen MR) is 77.9 cm³/mol. The van der Waals surface area contributed by atoms with Gasteiger partial charge in [-0.2, -0.15) is 0 Å². The maximum absolute atomic E-state index is 11.5. The molecule has 0 aliphatic carbocycles. The van der Waals surface area contributed by atoms with E-state index in [0.717, 1.165) is 25.3 Å². The molecule has 110 valence electrons. The fraction of sp³-hybridized carbons (Fsp3) is 0.571. The van der Waals surface area contributed by atoms with Gasteiger partial charge in [0.05, 0.1) is 5.69 Å². The van der Waals surface area contributed by atoms with E-state index >= 15 is 0 Å². The molecule has 1 saturated heterocycles. The van der Waals surface area contributed by atoms with Gasteiger partial charge in [0.1, 0.15) is 5.69 Å². The molecule has 20 heavy (non-hydrogen) atoms. The van der Waals surface area contributed by atoms with Gasteiger partial charge in [-0.05, 0) is 45.6 Å². The molecule has 1 aromatic rings. The minimum absolute atomic E-state index is 0.349. The fourth-order valence-corrected chi connectivity index (χ4v) is 2.71. The molecule has 0 spiro atoms. The molecule has 2 heterocycles. The quantitative estimate of drug-likeness (QED) is 0.457. The van der Waals surface area contributed by atoms with E-state index in [1.54, 1.807) is 6.07 Å². The van der Waals surface area contributed by atoms with Crippen molar-refractivity contribution in [2.45, 2.75) is 25.4 Å². The molecule has 1 amide bonds. The number of rotatable bonds is 5. The molecule has 0 aromatic carbocycles. The maximum Gasteiger partial charge on any atom is 0.283 e. The van der Waals surface area contributed by atoms with E-state index in [4.69, 9.17) is 5.84 Å². The number of carbonyl (C=O) groups is 1. The third-order valence-corrected chi connectivity index (χ3v) is 3.61. The van der Waals surface area contributed by atoms with Crippen LogP contribution >= 0.6 is 0 Å². The van der Waals surface area contributed by atoms with E-state index in [1.807, 2.05) is 12.1 Å². The molecule has 1 atom stereocenters. The van der Waals surface area contributed by atoms with Gasteiger partial charge in [0, 0.05) is 19.1 Å². The highest BCUT2D eigenvalue weighted by molar-refractivity contribution is 5.91. The minimum Gasteiger partial charge on any atom is -0.308 e. The van der Waals surface area contributed by atoms with Crippen molar-refractivity contribution in [1.82, 2.24) is 20.2 Å². The first-order chi connectivity index (χ1) is 9.60. The highest BCUT2D eigenvalue weighted by atomic mass is 16.2. The second-order valence-corrected chi connectivity index (χ2v) is 5.52. The Labute approximate surface area is 119 Å². The van der Waals surface area contributed by atoms with Gasteiger partial charge in [-0.15, -0.1) is 0 Å². The lowest BCUT2D eigenvalue weighted by atomic mass is 10.2. The lowest BCUT2D eigenvalue weighted by Crippen LogP contribution is -2.37. The number of amides is 1. The van der Waals surface area contributed by atoms with Crippen LogP contribution in [-0.4, -0.2) is 53.9 Å². The Balaban J connectivity index is 2.03. The van der Waals surface area contributed by atoms with Crippen LogP contribution in [0.25, 0.3) is 0 Å². The van der Waals surface area contributed by atoms with Crippen molar-refractivity contribution in [1.29, 1.82) is 0 Å². The smallest absolute Gasteiger partial charge is 0.283 e. The number of likely N-dealkylation sites (N-methyl/N-ethyl adjacent to an activating group) is 1. The molecule has 6 heteroatoms. The van der Waals surface area contributed by atoms with Crippen molar-refractivity contribution >= 4 is 5.91 Å². The average molecular weight is 277 g/mol. The maximum atomic E-state index is 11.5. The zero-order valence-electron chi connectivity index (χ0n) is 12.2. The molecule has 0 bridgehead atoms.